The van der Waals surface area contributed by atoms with Gasteiger partial charge in [0.15, 0.2) is 24.4 Å². The second-order valence-corrected chi connectivity index (χ2v) is 6.18. The van der Waals surface area contributed by atoms with Gasteiger partial charge in [-0.15, -0.1) is 0 Å². The van der Waals surface area contributed by atoms with Crippen LogP contribution in [0, 0.1) is 0 Å². The van der Waals surface area contributed by atoms with Crippen molar-refractivity contribution >= 4 is 17.1 Å². The minimum atomic E-state index is 0.0523. The molecule has 7 heteroatoms. The summed E-state index contributed by atoms with van der Waals surface area (Å²) in [6.07, 6.45) is 0.795. The number of nitrogens with zero attached hydrogens (tertiary/aromatic N) is 2. The lowest BCUT2D eigenvalue weighted by Gasteiger charge is -2.08. The van der Waals surface area contributed by atoms with Crippen molar-refractivity contribution in [3.8, 4) is 28.6 Å². The number of aromatic nitrogens is 2. The van der Waals surface area contributed by atoms with Crippen molar-refractivity contribution in [2.75, 3.05) is 6.79 Å². The fraction of sp³-hybridized carbons (Fsp3) is 0.0952. The molecule has 1 aliphatic rings. The van der Waals surface area contributed by atoms with Crippen LogP contribution >= 0.6 is 0 Å². The molecule has 4 aromatic rings. The Morgan fingerprint density at radius 3 is 2.86 bits per heavy atom. The van der Waals surface area contributed by atoms with Gasteiger partial charge in [0.05, 0.1) is 5.56 Å². The van der Waals surface area contributed by atoms with Crippen molar-refractivity contribution < 1.29 is 23.5 Å². The third kappa shape index (κ3) is 2.83. The average Bonchev–Trinajstić information content (AvgIpc) is 3.40. The van der Waals surface area contributed by atoms with Crippen LogP contribution < -0.4 is 14.2 Å². The molecule has 5 rings (SSSR count). The zero-order valence-corrected chi connectivity index (χ0v) is 14.6. The van der Waals surface area contributed by atoms with Gasteiger partial charge in [-0.05, 0) is 35.0 Å². The molecular formula is C21H14N2O5. The molecule has 0 fully saturated rings. The van der Waals surface area contributed by atoms with Gasteiger partial charge in [-0.1, -0.05) is 35.5 Å². The molecule has 0 aliphatic carbocycles. The summed E-state index contributed by atoms with van der Waals surface area (Å²) in [4.78, 5) is 15.9. The van der Waals surface area contributed by atoms with Crippen LogP contribution in [-0.4, -0.2) is 23.2 Å². The van der Waals surface area contributed by atoms with Crippen LogP contribution in [0.4, 0.5) is 0 Å². The summed E-state index contributed by atoms with van der Waals surface area (Å²) in [6.45, 7) is 0.256. The first-order valence-corrected chi connectivity index (χ1v) is 8.64. The first-order valence-electron chi connectivity index (χ1n) is 8.64. The SMILES string of the molecule is O=Cc1c(OCc2nc(-c3ccc4c(c3)OCO4)no2)ccc2ccccc12. The van der Waals surface area contributed by atoms with Gasteiger partial charge in [-0.25, -0.2) is 0 Å². The number of carbonyl (C=O) groups excluding carboxylic acids is 1. The molecule has 3 aromatic carbocycles. The Kier molecular flexibility index (Phi) is 3.90. The third-order valence-corrected chi connectivity index (χ3v) is 4.50. The molecule has 0 saturated carbocycles. The van der Waals surface area contributed by atoms with E-state index in [9.17, 15) is 4.79 Å². The Balaban J connectivity index is 1.37. The number of hydrogen-bond donors (Lipinski definition) is 0. The van der Waals surface area contributed by atoms with Crippen LogP contribution in [0.15, 0.2) is 59.1 Å². The fourth-order valence-electron chi connectivity index (χ4n) is 3.13. The number of hydrogen-bond acceptors (Lipinski definition) is 7. The van der Waals surface area contributed by atoms with Crippen LogP contribution in [0.25, 0.3) is 22.2 Å². The van der Waals surface area contributed by atoms with Gasteiger partial charge in [0.2, 0.25) is 12.6 Å². The van der Waals surface area contributed by atoms with E-state index in [0.29, 0.717) is 34.5 Å². The third-order valence-electron chi connectivity index (χ3n) is 4.50. The standard InChI is InChI=1S/C21H14N2O5/c24-10-16-15-4-2-1-3-13(15)5-7-17(16)25-11-20-22-21(23-28-20)14-6-8-18-19(9-14)27-12-26-18/h1-10H,11-12H2. The molecule has 138 valence electrons. The number of benzene rings is 3. The maximum Gasteiger partial charge on any atom is 0.264 e. The highest BCUT2D eigenvalue weighted by Crippen LogP contribution is 2.35. The van der Waals surface area contributed by atoms with Gasteiger partial charge >= 0.3 is 0 Å². The Hall–Kier alpha value is -3.87. The van der Waals surface area contributed by atoms with Crippen molar-refractivity contribution in [1.82, 2.24) is 10.1 Å². The number of fused-ring (bicyclic) bond motifs is 2. The van der Waals surface area contributed by atoms with E-state index < -0.39 is 0 Å². The van der Waals surface area contributed by atoms with Crippen LogP contribution in [0.5, 0.6) is 17.2 Å². The van der Waals surface area contributed by atoms with Gasteiger partial charge in [-0.3, -0.25) is 4.79 Å². The monoisotopic (exact) mass is 374 g/mol. The predicted molar refractivity (Wildman–Crippen MR) is 99.5 cm³/mol. The van der Waals surface area contributed by atoms with E-state index in [4.69, 9.17) is 18.7 Å². The van der Waals surface area contributed by atoms with Crippen LogP contribution in [0.2, 0.25) is 0 Å². The van der Waals surface area contributed by atoms with Gasteiger partial charge in [0.1, 0.15) is 5.75 Å². The molecule has 0 saturated heterocycles. The molecule has 7 nitrogen and oxygen atoms in total. The Morgan fingerprint density at radius 1 is 1.04 bits per heavy atom. The zero-order chi connectivity index (χ0) is 18.9. The molecule has 2 heterocycles. The van der Waals surface area contributed by atoms with Gasteiger partial charge in [0, 0.05) is 5.56 Å². The van der Waals surface area contributed by atoms with E-state index in [2.05, 4.69) is 10.1 Å². The number of ether oxygens (including phenoxy) is 3. The van der Waals surface area contributed by atoms with E-state index in [1.165, 1.54) is 0 Å². The minimum absolute atomic E-state index is 0.0523. The minimum Gasteiger partial charge on any atom is -0.483 e. The molecule has 28 heavy (non-hydrogen) atoms. The van der Waals surface area contributed by atoms with E-state index >= 15 is 0 Å². The van der Waals surface area contributed by atoms with E-state index in [-0.39, 0.29) is 13.4 Å². The quantitative estimate of drug-likeness (QED) is 0.488. The lowest BCUT2D eigenvalue weighted by Crippen LogP contribution is -1.99. The molecule has 0 bridgehead atoms. The lowest BCUT2D eigenvalue weighted by atomic mass is 10.0. The van der Waals surface area contributed by atoms with Crippen LogP contribution in [0.3, 0.4) is 0 Å². The smallest absolute Gasteiger partial charge is 0.264 e. The van der Waals surface area contributed by atoms with Gasteiger partial charge in [-0.2, -0.15) is 4.98 Å². The molecule has 0 atom stereocenters. The average molecular weight is 374 g/mol. The first-order chi connectivity index (χ1) is 13.8. The molecular weight excluding hydrogens is 360 g/mol. The molecule has 1 aliphatic heterocycles. The summed E-state index contributed by atoms with van der Waals surface area (Å²) in [7, 11) is 0. The zero-order valence-electron chi connectivity index (χ0n) is 14.6. The number of aldehydes is 1. The van der Waals surface area contributed by atoms with Crippen LogP contribution in [0.1, 0.15) is 16.2 Å². The second-order valence-electron chi connectivity index (χ2n) is 6.18. The largest absolute Gasteiger partial charge is 0.483 e. The topological polar surface area (TPSA) is 83.7 Å². The molecule has 0 N–H and O–H groups in total. The van der Waals surface area contributed by atoms with Crippen molar-refractivity contribution in [1.29, 1.82) is 0 Å². The van der Waals surface area contributed by atoms with Crippen molar-refractivity contribution in [3.05, 3.63) is 66.1 Å². The highest BCUT2D eigenvalue weighted by molar-refractivity contribution is 6.00. The van der Waals surface area contributed by atoms with Crippen molar-refractivity contribution in [2.45, 2.75) is 6.61 Å². The van der Waals surface area contributed by atoms with E-state index in [0.717, 1.165) is 22.6 Å². The summed E-state index contributed by atoms with van der Waals surface area (Å²) in [5.74, 6) is 2.53. The van der Waals surface area contributed by atoms with Gasteiger partial charge < -0.3 is 18.7 Å². The Morgan fingerprint density at radius 2 is 1.93 bits per heavy atom. The van der Waals surface area contributed by atoms with E-state index in [1.54, 1.807) is 18.2 Å². The maximum atomic E-state index is 11.6. The van der Waals surface area contributed by atoms with Gasteiger partial charge in [0.25, 0.3) is 5.89 Å². The Labute approximate surface area is 159 Å². The normalized spacial score (nSPS) is 12.3. The number of rotatable bonds is 5. The molecule has 0 amide bonds. The van der Waals surface area contributed by atoms with Crippen molar-refractivity contribution in [3.63, 3.8) is 0 Å². The van der Waals surface area contributed by atoms with Crippen molar-refractivity contribution in [2.24, 2.45) is 0 Å². The first kappa shape index (κ1) is 16.3. The summed E-state index contributed by atoms with van der Waals surface area (Å²) in [5.41, 5.74) is 1.24. The number of carbonyl (C=O) groups is 1. The molecule has 1 aromatic heterocycles. The summed E-state index contributed by atoms with van der Waals surface area (Å²) in [5, 5.41) is 5.79. The summed E-state index contributed by atoms with van der Waals surface area (Å²) >= 11 is 0. The van der Waals surface area contributed by atoms with Crippen LogP contribution in [-0.2, 0) is 6.61 Å². The molecule has 0 unspecified atom stereocenters. The molecule has 0 spiro atoms. The second kappa shape index (κ2) is 6.70. The maximum absolute atomic E-state index is 11.6. The van der Waals surface area contributed by atoms with E-state index in [1.807, 2.05) is 36.4 Å². The highest BCUT2D eigenvalue weighted by Gasteiger charge is 2.17. The predicted octanol–water partition coefficient (Wildman–Crippen LogP) is 4.01. The lowest BCUT2D eigenvalue weighted by molar-refractivity contribution is 0.111. The highest BCUT2D eigenvalue weighted by atomic mass is 16.7. The fourth-order valence-corrected chi connectivity index (χ4v) is 3.13. The Bertz CT molecular complexity index is 1180. The molecule has 0 radical (unpaired) electrons. The summed E-state index contributed by atoms with van der Waals surface area (Å²) < 4.78 is 21.7. The summed E-state index contributed by atoms with van der Waals surface area (Å²) in [6, 6.07) is 16.7.